The maximum atomic E-state index is 12.3. The number of hydrogen-bond acceptors (Lipinski definition) is 4. The first-order chi connectivity index (χ1) is 9.37. The topological polar surface area (TPSA) is 91.0 Å². The van der Waals surface area contributed by atoms with Crippen LogP contribution in [0.2, 0.25) is 0 Å². The molecule has 2 N–H and O–H groups in total. The van der Waals surface area contributed by atoms with Crippen LogP contribution in [0.1, 0.15) is 49.6 Å². The molecule has 2 rings (SSSR count). The zero-order valence-corrected chi connectivity index (χ0v) is 12.4. The monoisotopic (exact) mass is 279 g/mol. The summed E-state index contributed by atoms with van der Waals surface area (Å²) in [5.74, 6) is 0.807. The SMILES string of the molecule is CNC(=O)C1(C)CCN(C(=O)c2n[nH]c(C(C)C)n2)C1. The molecule has 20 heavy (non-hydrogen) atoms. The largest absolute Gasteiger partial charge is 0.359 e. The first-order valence-electron chi connectivity index (χ1n) is 6.81. The minimum absolute atomic E-state index is 0.0364. The third-order valence-corrected chi connectivity index (χ3v) is 3.78. The summed E-state index contributed by atoms with van der Waals surface area (Å²) in [7, 11) is 1.61. The number of rotatable bonds is 3. The van der Waals surface area contributed by atoms with E-state index in [0.29, 0.717) is 25.3 Å². The van der Waals surface area contributed by atoms with Gasteiger partial charge in [0.05, 0.1) is 5.41 Å². The van der Waals surface area contributed by atoms with Gasteiger partial charge in [-0.3, -0.25) is 14.7 Å². The van der Waals surface area contributed by atoms with Gasteiger partial charge in [0.1, 0.15) is 5.82 Å². The Morgan fingerprint density at radius 1 is 1.45 bits per heavy atom. The maximum Gasteiger partial charge on any atom is 0.293 e. The van der Waals surface area contributed by atoms with Crippen LogP contribution in [0.5, 0.6) is 0 Å². The van der Waals surface area contributed by atoms with E-state index >= 15 is 0 Å². The molecule has 0 aliphatic carbocycles. The van der Waals surface area contributed by atoms with Crippen LogP contribution in [-0.4, -0.2) is 52.0 Å². The van der Waals surface area contributed by atoms with Crippen LogP contribution in [0, 0.1) is 5.41 Å². The van der Waals surface area contributed by atoms with Gasteiger partial charge in [-0.15, -0.1) is 5.10 Å². The quantitative estimate of drug-likeness (QED) is 0.844. The highest BCUT2D eigenvalue weighted by Crippen LogP contribution is 2.30. The molecule has 1 aliphatic rings. The number of likely N-dealkylation sites (tertiary alicyclic amines) is 1. The minimum Gasteiger partial charge on any atom is -0.359 e. The van der Waals surface area contributed by atoms with E-state index in [1.54, 1.807) is 11.9 Å². The first-order valence-corrected chi connectivity index (χ1v) is 6.81. The van der Waals surface area contributed by atoms with Gasteiger partial charge in [0, 0.05) is 26.1 Å². The van der Waals surface area contributed by atoms with Gasteiger partial charge in [0.2, 0.25) is 11.7 Å². The van der Waals surface area contributed by atoms with Gasteiger partial charge in [-0.25, -0.2) is 4.98 Å². The first kappa shape index (κ1) is 14.5. The number of amides is 2. The van der Waals surface area contributed by atoms with E-state index in [1.807, 2.05) is 20.8 Å². The average Bonchev–Trinajstić information content (AvgIpc) is 3.04. The molecule has 0 radical (unpaired) electrons. The van der Waals surface area contributed by atoms with Gasteiger partial charge in [0.15, 0.2) is 0 Å². The minimum atomic E-state index is -0.526. The number of aromatic amines is 1. The summed E-state index contributed by atoms with van der Waals surface area (Å²) in [6.45, 7) is 6.78. The molecule has 7 heteroatoms. The Balaban J connectivity index is 2.09. The highest BCUT2D eigenvalue weighted by molar-refractivity contribution is 5.92. The van der Waals surface area contributed by atoms with E-state index in [0.717, 1.165) is 0 Å². The number of nitrogens with zero attached hydrogens (tertiary/aromatic N) is 3. The van der Waals surface area contributed by atoms with Crippen molar-refractivity contribution in [2.45, 2.75) is 33.1 Å². The van der Waals surface area contributed by atoms with Crippen LogP contribution >= 0.6 is 0 Å². The van der Waals surface area contributed by atoms with Crippen LogP contribution in [0.15, 0.2) is 0 Å². The Morgan fingerprint density at radius 3 is 2.70 bits per heavy atom. The molecule has 0 aromatic carbocycles. The summed E-state index contributed by atoms with van der Waals surface area (Å²) in [5, 5.41) is 9.39. The Hall–Kier alpha value is -1.92. The predicted molar refractivity (Wildman–Crippen MR) is 73.2 cm³/mol. The summed E-state index contributed by atoms with van der Waals surface area (Å²) in [5.41, 5.74) is -0.526. The summed E-state index contributed by atoms with van der Waals surface area (Å²) in [6.07, 6.45) is 0.653. The molecule has 1 aliphatic heterocycles. The van der Waals surface area contributed by atoms with E-state index in [4.69, 9.17) is 0 Å². The average molecular weight is 279 g/mol. The Kier molecular flexibility index (Phi) is 3.78. The number of nitrogens with one attached hydrogen (secondary N) is 2. The lowest BCUT2D eigenvalue weighted by Gasteiger charge is -2.22. The third kappa shape index (κ3) is 2.52. The molecule has 7 nitrogen and oxygen atoms in total. The molecule has 0 bridgehead atoms. The van der Waals surface area contributed by atoms with E-state index in [1.165, 1.54) is 0 Å². The number of H-pyrrole nitrogens is 1. The number of carbonyl (C=O) groups excluding carboxylic acids is 2. The molecule has 110 valence electrons. The number of hydrogen-bond donors (Lipinski definition) is 2. The Labute approximate surface area is 118 Å². The lowest BCUT2D eigenvalue weighted by molar-refractivity contribution is -0.128. The van der Waals surface area contributed by atoms with Crippen LogP contribution in [0.25, 0.3) is 0 Å². The van der Waals surface area contributed by atoms with Gasteiger partial charge in [-0.05, 0) is 13.3 Å². The fourth-order valence-corrected chi connectivity index (χ4v) is 2.39. The normalized spacial score (nSPS) is 22.4. The van der Waals surface area contributed by atoms with Gasteiger partial charge < -0.3 is 10.2 Å². The summed E-state index contributed by atoms with van der Waals surface area (Å²) in [4.78, 5) is 30.0. The van der Waals surface area contributed by atoms with Crippen LogP contribution in [0.3, 0.4) is 0 Å². The second-order valence-electron chi connectivity index (χ2n) is 5.82. The zero-order valence-electron chi connectivity index (χ0n) is 12.4. The van der Waals surface area contributed by atoms with Crippen LogP contribution in [0.4, 0.5) is 0 Å². The molecule has 1 atom stereocenters. The highest BCUT2D eigenvalue weighted by Gasteiger charge is 2.42. The summed E-state index contributed by atoms with van der Waals surface area (Å²) in [6, 6.07) is 0. The lowest BCUT2D eigenvalue weighted by atomic mass is 9.89. The van der Waals surface area contributed by atoms with Crippen molar-refractivity contribution >= 4 is 11.8 Å². The van der Waals surface area contributed by atoms with Crippen LogP contribution < -0.4 is 5.32 Å². The fraction of sp³-hybridized carbons (Fsp3) is 0.692. The zero-order chi connectivity index (χ0) is 14.9. The molecular weight excluding hydrogens is 258 g/mol. The molecule has 1 aromatic rings. The van der Waals surface area contributed by atoms with E-state index in [-0.39, 0.29) is 23.6 Å². The molecule has 2 heterocycles. The van der Waals surface area contributed by atoms with Crippen molar-refractivity contribution in [1.29, 1.82) is 0 Å². The second kappa shape index (κ2) is 5.22. The fourth-order valence-electron chi connectivity index (χ4n) is 2.39. The van der Waals surface area contributed by atoms with Crippen molar-refractivity contribution in [3.05, 3.63) is 11.6 Å². The Morgan fingerprint density at radius 2 is 2.15 bits per heavy atom. The van der Waals surface area contributed by atoms with E-state index in [9.17, 15) is 9.59 Å². The van der Waals surface area contributed by atoms with Crippen molar-refractivity contribution in [2.24, 2.45) is 5.41 Å². The smallest absolute Gasteiger partial charge is 0.293 e. The second-order valence-corrected chi connectivity index (χ2v) is 5.82. The van der Waals surface area contributed by atoms with Gasteiger partial charge in [0.25, 0.3) is 5.91 Å². The van der Waals surface area contributed by atoms with Gasteiger partial charge in [-0.2, -0.15) is 0 Å². The molecule has 2 amide bonds. The lowest BCUT2D eigenvalue weighted by Crippen LogP contribution is -2.40. The van der Waals surface area contributed by atoms with Crippen molar-refractivity contribution in [2.75, 3.05) is 20.1 Å². The molecule has 1 fully saturated rings. The van der Waals surface area contributed by atoms with Crippen molar-refractivity contribution in [3.8, 4) is 0 Å². The summed E-state index contributed by atoms with van der Waals surface area (Å²) < 4.78 is 0. The summed E-state index contributed by atoms with van der Waals surface area (Å²) >= 11 is 0. The predicted octanol–water partition coefficient (Wildman–Crippen LogP) is 0.526. The molecule has 0 spiro atoms. The maximum absolute atomic E-state index is 12.3. The molecular formula is C13H21N5O2. The number of aromatic nitrogens is 3. The van der Waals surface area contributed by atoms with E-state index in [2.05, 4.69) is 20.5 Å². The standard InChI is InChI=1S/C13H21N5O2/c1-8(2)9-15-10(17-16-9)11(19)18-6-5-13(3,7-18)12(20)14-4/h8H,5-7H2,1-4H3,(H,14,20)(H,15,16,17). The Bertz CT molecular complexity index is 525. The van der Waals surface area contributed by atoms with Gasteiger partial charge in [-0.1, -0.05) is 13.8 Å². The van der Waals surface area contributed by atoms with Gasteiger partial charge >= 0.3 is 0 Å². The third-order valence-electron chi connectivity index (χ3n) is 3.78. The van der Waals surface area contributed by atoms with Crippen LogP contribution in [-0.2, 0) is 4.79 Å². The molecule has 0 saturated carbocycles. The highest BCUT2D eigenvalue weighted by atomic mass is 16.2. The molecule has 1 aromatic heterocycles. The van der Waals surface area contributed by atoms with Crippen molar-refractivity contribution in [1.82, 2.24) is 25.4 Å². The van der Waals surface area contributed by atoms with E-state index < -0.39 is 5.41 Å². The van der Waals surface area contributed by atoms with Crippen molar-refractivity contribution < 1.29 is 9.59 Å². The van der Waals surface area contributed by atoms with Crippen molar-refractivity contribution in [3.63, 3.8) is 0 Å². The molecule has 1 saturated heterocycles. The molecule has 1 unspecified atom stereocenters. The number of carbonyl (C=O) groups is 2.